The summed E-state index contributed by atoms with van der Waals surface area (Å²) >= 11 is 0. The van der Waals surface area contributed by atoms with Crippen LogP contribution in [-0.2, 0) is 0 Å². The van der Waals surface area contributed by atoms with Crippen LogP contribution in [0.5, 0.6) is 5.75 Å². The summed E-state index contributed by atoms with van der Waals surface area (Å²) < 4.78 is 40.7. The predicted octanol–water partition coefficient (Wildman–Crippen LogP) is 1.88. The molecule has 84 valence electrons. The summed E-state index contributed by atoms with van der Waals surface area (Å²) in [6.45, 7) is 1.70. The molecule has 1 heterocycles. The van der Waals surface area contributed by atoms with Crippen LogP contribution in [0.1, 0.15) is 11.3 Å². The third-order valence-corrected chi connectivity index (χ3v) is 2.00. The van der Waals surface area contributed by atoms with Crippen molar-refractivity contribution in [1.29, 1.82) is 0 Å². The number of rotatable bonds is 2. The minimum atomic E-state index is -4.37. The van der Waals surface area contributed by atoms with Crippen LogP contribution in [-0.4, -0.2) is 12.8 Å². The number of hydrogen-bond donors (Lipinski definition) is 0. The Hall–Kier alpha value is -1.46. The Balaban J connectivity index is 2.83. The minimum Gasteiger partial charge on any atom is -0.618 e. The molecule has 1 rings (SSSR count). The van der Waals surface area contributed by atoms with E-state index in [-0.39, 0.29) is 5.75 Å². The lowest BCUT2D eigenvalue weighted by Crippen LogP contribution is -2.30. The van der Waals surface area contributed by atoms with Gasteiger partial charge in [0.25, 0.3) is 0 Å². The van der Waals surface area contributed by atoms with Gasteiger partial charge >= 0.3 is 6.18 Å². The van der Waals surface area contributed by atoms with Gasteiger partial charge in [-0.25, -0.2) is 0 Å². The fraction of sp³-hybridized carbons (Fsp3) is 0.444. The van der Waals surface area contributed by atoms with E-state index in [9.17, 15) is 18.4 Å². The maximum absolute atomic E-state index is 11.9. The first-order valence-corrected chi connectivity index (χ1v) is 4.20. The molecule has 0 amide bonds. The highest BCUT2D eigenvalue weighted by Gasteiger charge is 2.29. The zero-order valence-corrected chi connectivity index (χ0v) is 8.26. The van der Waals surface area contributed by atoms with E-state index in [0.29, 0.717) is 16.0 Å². The smallest absolute Gasteiger partial charge is 0.422 e. The van der Waals surface area contributed by atoms with E-state index in [1.54, 1.807) is 0 Å². The molecule has 0 atom stereocenters. The first-order valence-electron chi connectivity index (χ1n) is 4.20. The maximum Gasteiger partial charge on any atom is 0.422 e. The lowest BCUT2D eigenvalue weighted by molar-refractivity contribution is -0.612. The number of ether oxygens (including phenoxy) is 1. The number of halogens is 3. The van der Waals surface area contributed by atoms with Crippen LogP contribution in [0.15, 0.2) is 12.3 Å². The molecule has 0 radical (unpaired) electrons. The standard InChI is InChI=1S/C9H10F3NO2/c1-6-7(2)13(14)4-3-8(6)15-5-9(10,11)12/h3-4H,5H2,1-2H3. The molecule has 0 aliphatic rings. The van der Waals surface area contributed by atoms with E-state index in [4.69, 9.17) is 0 Å². The van der Waals surface area contributed by atoms with E-state index in [2.05, 4.69) is 4.74 Å². The van der Waals surface area contributed by atoms with Gasteiger partial charge in [0.2, 0.25) is 0 Å². The van der Waals surface area contributed by atoms with Crippen molar-refractivity contribution >= 4 is 0 Å². The summed E-state index contributed by atoms with van der Waals surface area (Å²) in [5.74, 6) is 0.0805. The van der Waals surface area contributed by atoms with Crippen molar-refractivity contribution in [2.75, 3.05) is 6.61 Å². The zero-order valence-electron chi connectivity index (χ0n) is 8.26. The lowest BCUT2D eigenvalue weighted by Gasteiger charge is -2.12. The average molecular weight is 221 g/mol. The maximum atomic E-state index is 11.9. The molecule has 0 spiro atoms. The Morgan fingerprint density at radius 1 is 1.40 bits per heavy atom. The Morgan fingerprint density at radius 2 is 2.00 bits per heavy atom. The van der Waals surface area contributed by atoms with E-state index >= 15 is 0 Å². The highest BCUT2D eigenvalue weighted by atomic mass is 19.4. The van der Waals surface area contributed by atoms with E-state index in [1.807, 2.05) is 0 Å². The molecule has 0 saturated heterocycles. The van der Waals surface area contributed by atoms with E-state index in [1.165, 1.54) is 19.9 Å². The van der Waals surface area contributed by atoms with Gasteiger partial charge < -0.3 is 9.94 Å². The van der Waals surface area contributed by atoms with Crippen LogP contribution in [0, 0.1) is 19.1 Å². The van der Waals surface area contributed by atoms with E-state index < -0.39 is 12.8 Å². The molecule has 0 aliphatic carbocycles. The molecule has 15 heavy (non-hydrogen) atoms. The molecule has 0 fully saturated rings. The van der Waals surface area contributed by atoms with Crippen molar-refractivity contribution in [3.05, 3.63) is 28.7 Å². The highest BCUT2D eigenvalue weighted by Crippen LogP contribution is 2.21. The summed E-state index contributed by atoms with van der Waals surface area (Å²) in [5, 5.41) is 11.0. The molecule has 0 aromatic carbocycles. The van der Waals surface area contributed by atoms with Crippen molar-refractivity contribution in [1.82, 2.24) is 0 Å². The molecule has 1 aromatic heterocycles. The van der Waals surface area contributed by atoms with Gasteiger partial charge in [0, 0.05) is 13.0 Å². The second-order valence-corrected chi connectivity index (χ2v) is 3.12. The normalized spacial score (nSPS) is 11.5. The van der Waals surface area contributed by atoms with Crippen molar-refractivity contribution in [3.63, 3.8) is 0 Å². The molecule has 0 aliphatic heterocycles. The number of pyridine rings is 1. The molecule has 0 bridgehead atoms. The van der Waals surface area contributed by atoms with Crippen molar-refractivity contribution < 1.29 is 22.6 Å². The van der Waals surface area contributed by atoms with Crippen molar-refractivity contribution in [2.24, 2.45) is 0 Å². The molecule has 6 heteroatoms. The summed E-state index contributed by atoms with van der Waals surface area (Å²) in [7, 11) is 0. The van der Waals surface area contributed by atoms with Crippen LogP contribution in [0.3, 0.4) is 0 Å². The van der Waals surface area contributed by atoms with Gasteiger partial charge in [0.05, 0.1) is 5.56 Å². The topological polar surface area (TPSA) is 36.2 Å². The van der Waals surface area contributed by atoms with Crippen LogP contribution < -0.4 is 9.47 Å². The van der Waals surface area contributed by atoms with Gasteiger partial charge in [-0.2, -0.15) is 17.9 Å². The summed E-state index contributed by atoms with van der Waals surface area (Å²) in [5.41, 5.74) is 0.742. The highest BCUT2D eigenvalue weighted by molar-refractivity contribution is 5.31. The number of aromatic nitrogens is 1. The van der Waals surface area contributed by atoms with E-state index in [0.717, 1.165) is 6.20 Å². The fourth-order valence-electron chi connectivity index (χ4n) is 1.03. The number of hydrogen-bond acceptors (Lipinski definition) is 2. The molecule has 1 aromatic rings. The third kappa shape index (κ3) is 3.00. The number of alkyl halides is 3. The quantitative estimate of drug-likeness (QED) is 0.564. The SMILES string of the molecule is Cc1c(OCC(F)(F)F)cc[n+]([O-])c1C. The monoisotopic (exact) mass is 221 g/mol. The average Bonchev–Trinajstić information content (AvgIpc) is 2.12. The van der Waals surface area contributed by atoms with Gasteiger partial charge in [-0.05, 0) is 6.92 Å². The van der Waals surface area contributed by atoms with Gasteiger partial charge in [-0.3, -0.25) is 0 Å². The van der Waals surface area contributed by atoms with Crippen molar-refractivity contribution in [2.45, 2.75) is 20.0 Å². The van der Waals surface area contributed by atoms with Gasteiger partial charge in [0.1, 0.15) is 5.75 Å². The van der Waals surface area contributed by atoms with Gasteiger partial charge in [0.15, 0.2) is 18.5 Å². The van der Waals surface area contributed by atoms with Crippen LogP contribution in [0.25, 0.3) is 0 Å². The molecular weight excluding hydrogens is 211 g/mol. The first-order chi connectivity index (χ1) is 6.81. The Bertz CT molecular complexity index is 363. The second kappa shape index (κ2) is 3.96. The summed E-state index contributed by atoms with van der Waals surface area (Å²) in [6.07, 6.45) is -3.25. The Kier molecular flexibility index (Phi) is 3.06. The second-order valence-electron chi connectivity index (χ2n) is 3.12. The molecule has 0 saturated carbocycles. The Labute approximate surface area is 84.7 Å². The first kappa shape index (κ1) is 11.6. The van der Waals surface area contributed by atoms with Gasteiger partial charge in [-0.15, -0.1) is 0 Å². The fourth-order valence-corrected chi connectivity index (χ4v) is 1.03. The largest absolute Gasteiger partial charge is 0.618 e. The minimum absolute atomic E-state index is 0.0805. The third-order valence-electron chi connectivity index (χ3n) is 2.00. The van der Waals surface area contributed by atoms with Crippen LogP contribution in [0.4, 0.5) is 13.2 Å². The lowest BCUT2D eigenvalue weighted by atomic mass is 10.2. The van der Waals surface area contributed by atoms with Crippen LogP contribution >= 0.6 is 0 Å². The predicted molar refractivity (Wildman–Crippen MR) is 46.4 cm³/mol. The van der Waals surface area contributed by atoms with Crippen molar-refractivity contribution in [3.8, 4) is 5.75 Å². The zero-order chi connectivity index (χ0) is 11.6. The summed E-state index contributed by atoms with van der Waals surface area (Å²) in [6, 6.07) is 1.22. The van der Waals surface area contributed by atoms with Crippen LogP contribution in [0.2, 0.25) is 0 Å². The summed E-state index contributed by atoms with van der Waals surface area (Å²) in [4.78, 5) is 0. The molecule has 0 N–H and O–H groups in total. The molecule has 3 nitrogen and oxygen atoms in total. The molecular formula is C9H10F3NO2. The molecule has 0 unspecified atom stereocenters. The Morgan fingerprint density at radius 3 is 2.53 bits per heavy atom. The number of nitrogens with zero attached hydrogens (tertiary/aromatic N) is 1. The van der Waals surface area contributed by atoms with Gasteiger partial charge in [-0.1, -0.05) is 0 Å².